The molecule has 8 nitrogen and oxygen atoms in total. The number of hydrogen-bond acceptors (Lipinski definition) is 5. The van der Waals surface area contributed by atoms with Crippen LogP contribution in [0.4, 0.5) is 0 Å². The lowest BCUT2D eigenvalue weighted by molar-refractivity contribution is -0.143. The smallest absolute Gasteiger partial charge is 0.248 e. The summed E-state index contributed by atoms with van der Waals surface area (Å²) in [4.78, 5) is 49.4. The summed E-state index contributed by atoms with van der Waals surface area (Å²) in [7, 11) is 0. The summed E-state index contributed by atoms with van der Waals surface area (Å²) in [5, 5.41) is 12.5. The molecule has 2 aliphatic rings. The number of amides is 3. The average molecular weight is 339 g/mol. The fourth-order valence-corrected chi connectivity index (χ4v) is 3.54. The van der Waals surface area contributed by atoms with Gasteiger partial charge in [0.15, 0.2) is 0 Å². The zero-order valence-electron chi connectivity index (χ0n) is 14.0. The van der Waals surface area contributed by atoms with Gasteiger partial charge in [0.1, 0.15) is 17.9 Å². The van der Waals surface area contributed by atoms with Gasteiger partial charge in [-0.2, -0.15) is 0 Å². The molecule has 1 aliphatic heterocycles. The molecule has 4 N–H and O–H groups in total. The standard InChI is InChI=1S/C16H25N3O5/c1-8-6-10(21)7-11(8)15(23)18-13(9(2)20)16(24)19-5-3-4-12(19)14(17)22/h8-9,11-13,20H,3-7H2,1-2H3,(H2,17,22)(H,18,23)/t8-,9+,11+,12-,13-/m0/s1. The molecule has 1 saturated carbocycles. The van der Waals surface area contributed by atoms with E-state index < -0.39 is 41.8 Å². The third-order valence-electron chi connectivity index (χ3n) is 4.93. The van der Waals surface area contributed by atoms with E-state index in [1.807, 2.05) is 6.92 Å². The van der Waals surface area contributed by atoms with Crippen molar-refractivity contribution in [1.82, 2.24) is 10.2 Å². The van der Waals surface area contributed by atoms with Crippen molar-refractivity contribution in [2.24, 2.45) is 17.6 Å². The van der Waals surface area contributed by atoms with E-state index in [1.54, 1.807) is 0 Å². The van der Waals surface area contributed by atoms with Crippen LogP contribution in [0.5, 0.6) is 0 Å². The first kappa shape index (κ1) is 18.4. The predicted octanol–water partition coefficient (Wildman–Crippen LogP) is -1.06. The molecule has 3 amide bonds. The molecule has 2 fully saturated rings. The molecular weight excluding hydrogens is 314 g/mol. The number of aliphatic hydroxyl groups excluding tert-OH is 1. The molecule has 1 aliphatic carbocycles. The van der Waals surface area contributed by atoms with Gasteiger partial charge in [0.25, 0.3) is 0 Å². The van der Waals surface area contributed by atoms with Gasteiger partial charge in [-0.1, -0.05) is 6.92 Å². The molecule has 0 aromatic carbocycles. The molecule has 0 unspecified atom stereocenters. The molecule has 2 rings (SSSR count). The summed E-state index contributed by atoms with van der Waals surface area (Å²) in [6.07, 6.45) is 0.509. The highest BCUT2D eigenvalue weighted by Crippen LogP contribution is 2.29. The molecule has 0 radical (unpaired) electrons. The highest BCUT2D eigenvalue weighted by molar-refractivity contribution is 5.95. The first-order chi connectivity index (χ1) is 11.2. The Kier molecular flexibility index (Phi) is 5.58. The Labute approximate surface area is 140 Å². The highest BCUT2D eigenvalue weighted by atomic mass is 16.3. The maximum absolute atomic E-state index is 12.7. The maximum atomic E-state index is 12.7. The topological polar surface area (TPSA) is 130 Å². The van der Waals surface area contributed by atoms with E-state index in [0.717, 1.165) is 0 Å². The van der Waals surface area contributed by atoms with E-state index in [1.165, 1.54) is 11.8 Å². The molecule has 24 heavy (non-hydrogen) atoms. The van der Waals surface area contributed by atoms with Crippen LogP contribution >= 0.6 is 0 Å². The Bertz CT molecular complexity index is 548. The lowest BCUT2D eigenvalue weighted by atomic mass is 9.96. The fraction of sp³-hybridized carbons (Fsp3) is 0.750. The quantitative estimate of drug-likeness (QED) is 0.588. The summed E-state index contributed by atoms with van der Waals surface area (Å²) >= 11 is 0. The van der Waals surface area contributed by atoms with Gasteiger partial charge in [0.05, 0.1) is 6.10 Å². The summed E-state index contributed by atoms with van der Waals surface area (Å²) in [5.74, 6) is -2.08. The Balaban J connectivity index is 2.09. The number of rotatable bonds is 5. The van der Waals surface area contributed by atoms with Gasteiger partial charge in [-0.25, -0.2) is 0 Å². The van der Waals surface area contributed by atoms with E-state index in [9.17, 15) is 24.3 Å². The van der Waals surface area contributed by atoms with Gasteiger partial charge in [-0.05, 0) is 25.7 Å². The lowest BCUT2D eigenvalue weighted by Gasteiger charge is -2.30. The van der Waals surface area contributed by atoms with Crippen molar-refractivity contribution >= 4 is 23.5 Å². The first-order valence-corrected chi connectivity index (χ1v) is 8.32. The number of nitrogens with two attached hydrogens (primary N) is 1. The molecule has 0 bridgehead atoms. The number of carbonyl (C=O) groups excluding carboxylic acids is 4. The number of ketones is 1. The average Bonchev–Trinajstić information content (AvgIpc) is 3.09. The summed E-state index contributed by atoms with van der Waals surface area (Å²) in [5.41, 5.74) is 5.32. The van der Waals surface area contributed by atoms with Crippen LogP contribution in [0, 0.1) is 11.8 Å². The van der Waals surface area contributed by atoms with E-state index in [2.05, 4.69) is 5.32 Å². The van der Waals surface area contributed by atoms with Crippen molar-refractivity contribution in [1.29, 1.82) is 0 Å². The van der Waals surface area contributed by atoms with E-state index in [0.29, 0.717) is 25.8 Å². The van der Waals surface area contributed by atoms with Gasteiger partial charge in [0, 0.05) is 25.3 Å². The first-order valence-electron chi connectivity index (χ1n) is 8.32. The van der Waals surface area contributed by atoms with Crippen LogP contribution < -0.4 is 11.1 Å². The van der Waals surface area contributed by atoms with E-state index >= 15 is 0 Å². The molecule has 0 aromatic rings. The van der Waals surface area contributed by atoms with Gasteiger partial charge in [-0.3, -0.25) is 19.2 Å². The maximum Gasteiger partial charge on any atom is 0.248 e. The van der Waals surface area contributed by atoms with Crippen molar-refractivity contribution in [2.75, 3.05) is 6.54 Å². The second-order valence-electron chi connectivity index (χ2n) is 6.85. The van der Waals surface area contributed by atoms with Crippen molar-refractivity contribution in [3.8, 4) is 0 Å². The number of carbonyl (C=O) groups is 4. The number of Topliss-reactive ketones (excluding diaryl/α,β-unsaturated/α-hetero) is 1. The number of nitrogens with one attached hydrogen (secondary N) is 1. The number of primary amides is 1. The highest BCUT2D eigenvalue weighted by Gasteiger charge is 2.41. The van der Waals surface area contributed by atoms with Crippen molar-refractivity contribution in [3.05, 3.63) is 0 Å². The minimum Gasteiger partial charge on any atom is -0.391 e. The molecule has 1 heterocycles. The van der Waals surface area contributed by atoms with Gasteiger partial charge in [-0.15, -0.1) is 0 Å². The second kappa shape index (κ2) is 7.29. The predicted molar refractivity (Wildman–Crippen MR) is 84.4 cm³/mol. The normalized spacial score (nSPS) is 29.4. The minimum absolute atomic E-state index is 0.0240. The fourth-order valence-electron chi connectivity index (χ4n) is 3.54. The van der Waals surface area contributed by atoms with Crippen molar-refractivity contribution in [2.45, 2.75) is 57.7 Å². The third kappa shape index (κ3) is 3.75. The molecule has 0 spiro atoms. The number of hydrogen-bond donors (Lipinski definition) is 3. The van der Waals surface area contributed by atoms with E-state index in [4.69, 9.17) is 5.73 Å². The summed E-state index contributed by atoms with van der Waals surface area (Å²) in [6, 6.07) is -1.86. The molecule has 5 atom stereocenters. The monoisotopic (exact) mass is 339 g/mol. The van der Waals surface area contributed by atoms with Crippen LogP contribution in [0.25, 0.3) is 0 Å². The molecule has 1 saturated heterocycles. The van der Waals surface area contributed by atoms with Crippen LogP contribution in [0.2, 0.25) is 0 Å². The number of aliphatic hydroxyl groups is 1. The van der Waals surface area contributed by atoms with Gasteiger partial charge < -0.3 is 21.1 Å². The largest absolute Gasteiger partial charge is 0.391 e. The van der Waals surface area contributed by atoms with Gasteiger partial charge >= 0.3 is 0 Å². The molecule has 8 heteroatoms. The third-order valence-corrected chi connectivity index (χ3v) is 4.93. The Hall–Kier alpha value is -1.96. The zero-order chi connectivity index (χ0) is 18.0. The van der Waals surface area contributed by atoms with E-state index in [-0.39, 0.29) is 18.1 Å². The Morgan fingerprint density at radius 3 is 2.50 bits per heavy atom. The van der Waals surface area contributed by atoms with Crippen LogP contribution in [-0.2, 0) is 19.2 Å². The Morgan fingerprint density at radius 2 is 2.00 bits per heavy atom. The Morgan fingerprint density at radius 1 is 1.33 bits per heavy atom. The summed E-state index contributed by atoms with van der Waals surface area (Å²) < 4.78 is 0. The summed E-state index contributed by atoms with van der Waals surface area (Å²) in [6.45, 7) is 3.59. The van der Waals surface area contributed by atoms with Crippen molar-refractivity contribution < 1.29 is 24.3 Å². The number of likely N-dealkylation sites (tertiary alicyclic amines) is 1. The van der Waals surface area contributed by atoms with Crippen molar-refractivity contribution in [3.63, 3.8) is 0 Å². The van der Waals surface area contributed by atoms with Crippen LogP contribution in [0.3, 0.4) is 0 Å². The van der Waals surface area contributed by atoms with Crippen LogP contribution in [0.15, 0.2) is 0 Å². The van der Waals surface area contributed by atoms with Crippen LogP contribution in [0.1, 0.15) is 39.5 Å². The van der Waals surface area contributed by atoms with Crippen LogP contribution in [-0.4, -0.2) is 58.2 Å². The molecule has 134 valence electrons. The van der Waals surface area contributed by atoms with Gasteiger partial charge in [0.2, 0.25) is 17.7 Å². The zero-order valence-corrected chi connectivity index (χ0v) is 14.0. The lowest BCUT2D eigenvalue weighted by Crippen LogP contribution is -2.57. The molecule has 0 aromatic heterocycles. The SMILES string of the molecule is C[C@@H](O)[C@H](NC(=O)[C@@H]1CC(=O)C[C@@H]1C)C(=O)N1CCC[C@H]1C(N)=O. The molecular formula is C16H25N3O5. The minimum atomic E-state index is -1.15. The number of nitrogens with zero attached hydrogens (tertiary/aromatic N) is 1. The second-order valence-corrected chi connectivity index (χ2v) is 6.85.